The van der Waals surface area contributed by atoms with Crippen molar-refractivity contribution in [1.29, 1.82) is 0 Å². The van der Waals surface area contributed by atoms with Gasteiger partial charge in [-0.2, -0.15) is 4.31 Å². The summed E-state index contributed by atoms with van der Waals surface area (Å²) in [6, 6.07) is 13.9. The molecule has 0 unspecified atom stereocenters. The predicted octanol–water partition coefficient (Wildman–Crippen LogP) is 2.49. The van der Waals surface area contributed by atoms with Crippen LogP contribution in [0.2, 0.25) is 0 Å². The molecule has 0 aromatic heterocycles. The van der Waals surface area contributed by atoms with E-state index in [4.69, 9.17) is 9.47 Å². The molecule has 8 heteroatoms. The van der Waals surface area contributed by atoms with Crippen LogP contribution in [0.15, 0.2) is 53.4 Å². The molecule has 1 aliphatic heterocycles. The van der Waals surface area contributed by atoms with E-state index in [1.165, 1.54) is 17.5 Å². The van der Waals surface area contributed by atoms with E-state index >= 15 is 0 Å². The summed E-state index contributed by atoms with van der Waals surface area (Å²) in [6.07, 6.45) is 1.88. The lowest BCUT2D eigenvalue weighted by atomic mass is 10.2. The fourth-order valence-electron chi connectivity index (χ4n) is 3.42. The topological polar surface area (TPSA) is 84.9 Å². The zero-order valence-corrected chi connectivity index (χ0v) is 18.2. The maximum atomic E-state index is 13.4. The first-order valence-corrected chi connectivity index (χ1v) is 11.4. The minimum Gasteiger partial charge on any atom is -0.496 e. The molecule has 2 aromatic rings. The van der Waals surface area contributed by atoms with Gasteiger partial charge >= 0.3 is 0 Å². The normalized spacial score (nSPS) is 16.6. The van der Waals surface area contributed by atoms with Gasteiger partial charge in [0, 0.05) is 19.7 Å². The number of sulfonamides is 1. The molecule has 1 fully saturated rings. The molecule has 0 spiro atoms. The van der Waals surface area contributed by atoms with Gasteiger partial charge in [0.1, 0.15) is 5.75 Å². The van der Waals surface area contributed by atoms with Crippen molar-refractivity contribution >= 4 is 15.9 Å². The lowest BCUT2D eigenvalue weighted by molar-refractivity contribution is -0.121. The molecule has 1 amide bonds. The summed E-state index contributed by atoms with van der Waals surface area (Å²) in [7, 11) is -2.36. The third kappa shape index (κ3) is 5.59. The Morgan fingerprint density at radius 1 is 1.23 bits per heavy atom. The van der Waals surface area contributed by atoms with E-state index in [1.807, 2.05) is 30.3 Å². The summed E-state index contributed by atoms with van der Waals surface area (Å²) in [5.41, 5.74) is 1.51. The molecule has 7 nitrogen and oxygen atoms in total. The van der Waals surface area contributed by atoms with Crippen molar-refractivity contribution in [2.45, 2.75) is 37.3 Å². The first kappa shape index (κ1) is 22.3. The Morgan fingerprint density at radius 2 is 2.00 bits per heavy atom. The van der Waals surface area contributed by atoms with Gasteiger partial charge in [0.15, 0.2) is 0 Å². The fraction of sp³-hybridized carbons (Fsp3) is 0.409. The Hall–Kier alpha value is -2.42. The van der Waals surface area contributed by atoms with Crippen LogP contribution in [0.5, 0.6) is 5.75 Å². The van der Waals surface area contributed by atoms with E-state index in [9.17, 15) is 13.2 Å². The Kier molecular flexibility index (Phi) is 7.47. The van der Waals surface area contributed by atoms with Crippen molar-refractivity contribution in [3.8, 4) is 5.75 Å². The highest BCUT2D eigenvalue weighted by molar-refractivity contribution is 7.89. The highest BCUT2D eigenvalue weighted by atomic mass is 32.2. The number of rotatable bonds is 9. The maximum absolute atomic E-state index is 13.4. The molecule has 0 aliphatic carbocycles. The number of nitrogens with zero attached hydrogens (tertiary/aromatic N) is 1. The average molecular weight is 433 g/mol. The van der Waals surface area contributed by atoms with Crippen molar-refractivity contribution in [2.24, 2.45) is 0 Å². The smallest absolute Gasteiger partial charge is 0.243 e. The number of benzene rings is 2. The van der Waals surface area contributed by atoms with E-state index < -0.39 is 10.0 Å². The van der Waals surface area contributed by atoms with Gasteiger partial charge in [-0.25, -0.2) is 8.42 Å². The molecule has 0 radical (unpaired) electrons. The van der Waals surface area contributed by atoms with Crippen LogP contribution in [0.1, 0.15) is 24.0 Å². The number of hydrogen-bond acceptors (Lipinski definition) is 5. The molecule has 1 atom stereocenters. The largest absolute Gasteiger partial charge is 0.496 e. The van der Waals surface area contributed by atoms with E-state index in [0.29, 0.717) is 24.5 Å². The van der Waals surface area contributed by atoms with Crippen LogP contribution in [-0.4, -0.2) is 51.5 Å². The van der Waals surface area contributed by atoms with Gasteiger partial charge in [-0.1, -0.05) is 30.3 Å². The molecule has 1 aliphatic rings. The second-order valence-electron chi connectivity index (χ2n) is 7.33. The van der Waals surface area contributed by atoms with Crippen molar-refractivity contribution in [2.75, 3.05) is 26.8 Å². The van der Waals surface area contributed by atoms with Crippen LogP contribution in [-0.2, 0) is 26.1 Å². The van der Waals surface area contributed by atoms with Crippen LogP contribution in [0.3, 0.4) is 0 Å². The molecule has 1 N–H and O–H groups in total. The molecule has 1 heterocycles. The molecule has 0 saturated carbocycles. The summed E-state index contributed by atoms with van der Waals surface area (Å²) in [5.74, 6) is 0.258. The highest BCUT2D eigenvalue weighted by Crippen LogP contribution is 2.24. The Morgan fingerprint density at radius 3 is 2.63 bits per heavy atom. The van der Waals surface area contributed by atoms with Gasteiger partial charge in [-0.3, -0.25) is 4.79 Å². The summed E-state index contributed by atoms with van der Waals surface area (Å²) < 4.78 is 38.7. The molecule has 0 bridgehead atoms. The Bertz CT molecular complexity index is 957. The van der Waals surface area contributed by atoms with Crippen molar-refractivity contribution in [1.82, 2.24) is 9.62 Å². The molecule has 3 rings (SSSR count). The second-order valence-corrected chi connectivity index (χ2v) is 9.27. The van der Waals surface area contributed by atoms with Crippen LogP contribution in [0.4, 0.5) is 0 Å². The number of aryl methyl sites for hydroxylation is 1. The molecule has 1 saturated heterocycles. The number of carbonyl (C=O) groups is 1. The number of hydrogen-bond donors (Lipinski definition) is 1. The van der Waals surface area contributed by atoms with E-state index in [1.54, 1.807) is 19.1 Å². The monoisotopic (exact) mass is 432 g/mol. The van der Waals surface area contributed by atoms with Crippen LogP contribution in [0.25, 0.3) is 0 Å². The van der Waals surface area contributed by atoms with Gasteiger partial charge in [0.2, 0.25) is 15.9 Å². The first-order chi connectivity index (χ1) is 14.4. The minimum atomic E-state index is -3.89. The number of carbonyl (C=O) groups excluding carboxylic acids is 1. The summed E-state index contributed by atoms with van der Waals surface area (Å²) in [6.45, 7) is 2.70. The zero-order chi connectivity index (χ0) is 21.6. The predicted molar refractivity (Wildman–Crippen MR) is 114 cm³/mol. The number of methoxy groups -OCH3 is 1. The molecular formula is C22H28N2O5S. The molecular weight excluding hydrogens is 404 g/mol. The van der Waals surface area contributed by atoms with Crippen molar-refractivity contribution in [3.05, 3.63) is 59.7 Å². The SMILES string of the molecule is COc1ccc(S(=O)(=O)N(CC(=O)NC[C@H]2CCCO2)Cc2ccccc2)cc1C. The van der Waals surface area contributed by atoms with E-state index in [-0.39, 0.29) is 30.0 Å². The number of amides is 1. The summed E-state index contributed by atoms with van der Waals surface area (Å²) in [5, 5.41) is 2.80. The first-order valence-electron chi connectivity index (χ1n) is 9.97. The average Bonchev–Trinajstić information content (AvgIpc) is 3.26. The molecule has 2 aromatic carbocycles. The zero-order valence-electron chi connectivity index (χ0n) is 17.3. The Labute approximate surface area is 178 Å². The Balaban J connectivity index is 1.80. The van der Waals surface area contributed by atoms with Gasteiger partial charge in [0.05, 0.1) is 24.7 Å². The van der Waals surface area contributed by atoms with Crippen LogP contribution >= 0.6 is 0 Å². The summed E-state index contributed by atoms with van der Waals surface area (Å²) in [4.78, 5) is 12.7. The lowest BCUT2D eigenvalue weighted by Gasteiger charge is -2.23. The summed E-state index contributed by atoms with van der Waals surface area (Å²) >= 11 is 0. The number of nitrogens with one attached hydrogen (secondary N) is 1. The third-order valence-corrected chi connectivity index (χ3v) is 6.86. The second kappa shape index (κ2) is 10.1. The third-order valence-electron chi connectivity index (χ3n) is 5.08. The van der Waals surface area contributed by atoms with E-state index in [0.717, 1.165) is 18.4 Å². The van der Waals surface area contributed by atoms with Gasteiger partial charge in [-0.05, 0) is 49.1 Å². The highest BCUT2D eigenvalue weighted by Gasteiger charge is 2.28. The maximum Gasteiger partial charge on any atom is 0.243 e. The molecule has 162 valence electrons. The minimum absolute atomic E-state index is 0.00244. The lowest BCUT2D eigenvalue weighted by Crippen LogP contribution is -2.42. The van der Waals surface area contributed by atoms with Gasteiger partial charge < -0.3 is 14.8 Å². The van der Waals surface area contributed by atoms with Crippen LogP contribution < -0.4 is 10.1 Å². The van der Waals surface area contributed by atoms with Crippen molar-refractivity contribution in [3.63, 3.8) is 0 Å². The van der Waals surface area contributed by atoms with Gasteiger partial charge in [0.25, 0.3) is 0 Å². The molecule has 30 heavy (non-hydrogen) atoms. The van der Waals surface area contributed by atoms with Gasteiger partial charge in [-0.15, -0.1) is 0 Å². The standard InChI is InChI=1S/C22H28N2O5S/c1-17-13-20(10-11-21(17)28-2)30(26,27)24(15-18-7-4-3-5-8-18)16-22(25)23-14-19-9-6-12-29-19/h3-5,7-8,10-11,13,19H,6,9,12,14-16H2,1-2H3,(H,23,25)/t19-/m1/s1. The van der Waals surface area contributed by atoms with Crippen molar-refractivity contribution < 1.29 is 22.7 Å². The fourth-order valence-corrected chi connectivity index (χ4v) is 4.89. The quantitative estimate of drug-likeness (QED) is 0.658. The number of ether oxygens (including phenoxy) is 2. The van der Waals surface area contributed by atoms with Crippen LogP contribution in [0, 0.1) is 6.92 Å². The van der Waals surface area contributed by atoms with E-state index in [2.05, 4.69) is 5.32 Å².